The zero-order chi connectivity index (χ0) is 23.3. The molecule has 6 nitrogen and oxygen atoms in total. The van der Waals surface area contributed by atoms with Crippen LogP contribution in [-0.2, 0) is 0 Å². The van der Waals surface area contributed by atoms with E-state index in [0.717, 1.165) is 31.7 Å². The Hall–Kier alpha value is -3.90. The lowest BCUT2D eigenvalue weighted by molar-refractivity contribution is 0.211. The van der Waals surface area contributed by atoms with Gasteiger partial charge >= 0.3 is 0 Å². The molecule has 0 radical (unpaired) electrons. The van der Waals surface area contributed by atoms with Gasteiger partial charge in [-0.05, 0) is 23.3 Å². The fourth-order valence-electron chi connectivity index (χ4n) is 4.67. The number of methoxy groups -OCH3 is 1. The van der Waals surface area contributed by atoms with Crippen molar-refractivity contribution in [2.75, 3.05) is 38.2 Å². The molecule has 0 amide bonds. The van der Waals surface area contributed by atoms with Crippen molar-refractivity contribution in [3.63, 3.8) is 0 Å². The lowest BCUT2D eigenvalue weighted by Gasteiger charge is -2.40. The van der Waals surface area contributed by atoms with Crippen molar-refractivity contribution in [2.24, 2.45) is 0 Å². The molecule has 6 heteroatoms. The first-order valence-electron chi connectivity index (χ1n) is 11.6. The molecule has 1 N–H and O–H groups in total. The highest BCUT2D eigenvalue weighted by atomic mass is 16.5. The Bertz CT molecular complexity index is 1240. The fourth-order valence-corrected chi connectivity index (χ4v) is 4.67. The molecule has 0 unspecified atom stereocenters. The number of aromatic amines is 1. The summed E-state index contributed by atoms with van der Waals surface area (Å²) in [4.78, 5) is 24.9. The first kappa shape index (κ1) is 21.9. The molecular weight excluding hydrogens is 424 g/mol. The molecule has 1 aliphatic rings. The van der Waals surface area contributed by atoms with Gasteiger partial charge in [0.05, 0.1) is 18.8 Å². The summed E-state index contributed by atoms with van der Waals surface area (Å²) in [6, 6.07) is 30.6. The highest BCUT2D eigenvalue weighted by Crippen LogP contribution is 2.31. The number of ether oxygens (including phenoxy) is 1. The molecule has 3 aromatic carbocycles. The summed E-state index contributed by atoms with van der Waals surface area (Å²) >= 11 is 0. The molecule has 2 heterocycles. The van der Waals surface area contributed by atoms with Crippen molar-refractivity contribution in [2.45, 2.75) is 6.04 Å². The summed E-state index contributed by atoms with van der Waals surface area (Å²) in [5.41, 5.74) is 3.83. The van der Waals surface area contributed by atoms with Crippen molar-refractivity contribution < 1.29 is 4.74 Å². The number of hydrogen-bond acceptors (Lipinski definition) is 5. The van der Waals surface area contributed by atoms with Crippen LogP contribution in [0.25, 0.3) is 11.3 Å². The summed E-state index contributed by atoms with van der Waals surface area (Å²) in [5, 5.41) is 0. The van der Waals surface area contributed by atoms with E-state index in [9.17, 15) is 4.79 Å². The molecule has 0 bridgehead atoms. The third-order valence-electron chi connectivity index (χ3n) is 6.32. The van der Waals surface area contributed by atoms with Crippen molar-refractivity contribution in [1.29, 1.82) is 0 Å². The van der Waals surface area contributed by atoms with E-state index < -0.39 is 0 Å². The minimum Gasteiger partial charge on any atom is -0.496 e. The molecule has 1 aliphatic heterocycles. The van der Waals surface area contributed by atoms with Gasteiger partial charge in [-0.25, -0.2) is 4.98 Å². The van der Waals surface area contributed by atoms with E-state index in [4.69, 9.17) is 9.72 Å². The molecule has 1 saturated heterocycles. The van der Waals surface area contributed by atoms with Gasteiger partial charge in [0.15, 0.2) is 0 Å². The Labute approximate surface area is 199 Å². The molecule has 1 fully saturated rings. The van der Waals surface area contributed by atoms with Gasteiger partial charge in [-0.15, -0.1) is 0 Å². The average Bonchev–Trinajstić information content (AvgIpc) is 2.90. The van der Waals surface area contributed by atoms with Crippen molar-refractivity contribution in [3.05, 3.63) is 112 Å². The second kappa shape index (κ2) is 9.93. The standard InChI is InChI=1S/C28H28N4O2/c1-34-25-15-9-8-14-23(25)24-20-26(33)30-28(29-24)32-18-16-31(17-19-32)27(21-10-4-2-5-11-21)22-12-6-3-7-13-22/h2-15,20,27H,16-19H2,1H3,(H,29,30,33). The van der Waals surface area contributed by atoms with Gasteiger partial charge in [-0.3, -0.25) is 14.7 Å². The minimum atomic E-state index is -0.167. The number of nitrogens with zero attached hydrogens (tertiary/aromatic N) is 3. The van der Waals surface area contributed by atoms with Crippen LogP contribution in [0.15, 0.2) is 95.8 Å². The lowest BCUT2D eigenvalue weighted by Crippen LogP contribution is -2.48. The van der Waals surface area contributed by atoms with Gasteiger partial charge in [0.2, 0.25) is 5.95 Å². The molecular formula is C28H28N4O2. The van der Waals surface area contributed by atoms with Gasteiger partial charge in [-0.2, -0.15) is 0 Å². The Morgan fingerprint density at radius 1 is 0.824 bits per heavy atom. The maximum absolute atomic E-state index is 12.5. The minimum absolute atomic E-state index is 0.167. The first-order chi connectivity index (χ1) is 16.7. The van der Waals surface area contributed by atoms with Crippen LogP contribution < -0.4 is 15.2 Å². The van der Waals surface area contributed by atoms with Crippen LogP contribution in [0, 0.1) is 0 Å². The summed E-state index contributed by atoms with van der Waals surface area (Å²) < 4.78 is 5.48. The zero-order valence-corrected chi connectivity index (χ0v) is 19.2. The molecule has 34 heavy (non-hydrogen) atoms. The molecule has 172 valence electrons. The maximum atomic E-state index is 12.5. The van der Waals surface area contributed by atoms with Gasteiger partial charge < -0.3 is 9.64 Å². The predicted octanol–water partition coefficient (Wildman–Crippen LogP) is 4.36. The van der Waals surface area contributed by atoms with Gasteiger partial charge in [0.1, 0.15) is 5.75 Å². The van der Waals surface area contributed by atoms with Crippen LogP contribution >= 0.6 is 0 Å². The third-order valence-corrected chi connectivity index (χ3v) is 6.32. The predicted molar refractivity (Wildman–Crippen MR) is 135 cm³/mol. The van der Waals surface area contributed by atoms with E-state index in [1.807, 2.05) is 24.3 Å². The Morgan fingerprint density at radius 2 is 1.41 bits per heavy atom. The SMILES string of the molecule is COc1ccccc1-c1cc(=O)[nH]c(N2CCN(C(c3ccccc3)c3ccccc3)CC2)n1. The average molecular weight is 453 g/mol. The Morgan fingerprint density at radius 3 is 2.03 bits per heavy atom. The number of benzene rings is 3. The van der Waals surface area contributed by atoms with Crippen LogP contribution in [-0.4, -0.2) is 48.2 Å². The van der Waals surface area contributed by atoms with Crippen LogP contribution in [0.1, 0.15) is 17.2 Å². The van der Waals surface area contributed by atoms with E-state index in [-0.39, 0.29) is 11.6 Å². The summed E-state index contributed by atoms with van der Waals surface area (Å²) in [6.45, 7) is 3.26. The fraction of sp³-hybridized carbons (Fsp3) is 0.214. The summed E-state index contributed by atoms with van der Waals surface area (Å²) in [5.74, 6) is 1.30. The highest BCUT2D eigenvalue weighted by molar-refractivity contribution is 5.67. The van der Waals surface area contributed by atoms with E-state index >= 15 is 0 Å². The van der Waals surface area contributed by atoms with Crippen molar-refractivity contribution >= 4 is 5.95 Å². The number of H-pyrrole nitrogens is 1. The van der Waals surface area contributed by atoms with E-state index in [1.54, 1.807) is 7.11 Å². The van der Waals surface area contributed by atoms with Gasteiger partial charge in [0, 0.05) is 37.8 Å². The quantitative estimate of drug-likeness (QED) is 0.471. The van der Waals surface area contributed by atoms with Crippen LogP contribution in [0.2, 0.25) is 0 Å². The number of para-hydroxylation sites is 1. The van der Waals surface area contributed by atoms with Crippen LogP contribution in [0.3, 0.4) is 0 Å². The smallest absolute Gasteiger partial charge is 0.252 e. The van der Waals surface area contributed by atoms with Crippen LogP contribution in [0.4, 0.5) is 5.95 Å². The first-order valence-corrected chi connectivity index (χ1v) is 11.6. The number of piperazine rings is 1. The molecule has 0 spiro atoms. The number of hydrogen-bond donors (Lipinski definition) is 1. The van der Waals surface area contributed by atoms with E-state index in [0.29, 0.717) is 17.4 Å². The third kappa shape index (κ3) is 4.58. The van der Waals surface area contributed by atoms with Crippen molar-refractivity contribution in [3.8, 4) is 17.0 Å². The molecule has 0 atom stereocenters. The second-order valence-electron chi connectivity index (χ2n) is 8.40. The van der Waals surface area contributed by atoms with E-state index in [1.165, 1.54) is 17.2 Å². The Kier molecular flexibility index (Phi) is 6.40. The highest BCUT2D eigenvalue weighted by Gasteiger charge is 2.27. The topological polar surface area (TPSA) is 61.5 Å². The molecule has 4 aromatic rings. The lowest BCUT2D eigenvalue weighted by atomic mass is 9.96. The monoisotopic (exact) mass is 452 g/mol. The van der Waals surface area contributed by atoms with Crippen LogP contribution in [0.5, 0.6) is 5.75 Å². The van der Waals surface area contributed by atoms with Gasteiger partial charge in [0.25, 0.3) is 5.56 Å². The van der Waals surface area contributed by atoms with Gasteiger partial charge in [-0.1, -0.05) is 72.8 Å². The number of anilines is 1. The molecule has 1 aromatic heterocycles. The second-order valence-corrected chi connectivity index (χ2v) is 8.40. The normalized spacial score (nSPS) is 14.4. The number of aromatic nitrogens is 2. The largest absolute Gasteiger partial charge is 0.496 e. The molecule has 0 aliphatic carbocycles. The van der Waals surface area contributed by atoms with E-state index in [2.05, 4.69) is 75.4 Å². The number of rotatable bonds is 6. The van der Waals surface area contributed by atoms with Crippen molar-refractivity contribution in [1.82, 2.24) is 14.9 Å². The molecule has 5 rings (SSSR count). The zero-order valence-electron chi connectivity index (χ0n) is 19.2. The summed E-state index contributed by atoms with van der Waals surface area (Å²) in [7, 11) is 1.63. The molecule has 0 saturated carbocycles. The summed E-state index contributed by atoms with van der Waals surface area (Å²) in [6.07, 6.45) is 0. The Balaban J connectivity index is 1.39. The maximum Gasteiger partial charge on any atom is 0.252 e. The number of nitrogens with one attached hydrogen (secondary N) is 1.